The highest BCUT2D eigenvalue weighted by molar-refractivity contribution is 7.15. The molecule has 158 valence electrons. The van der Waals surface area contributed by atoms with Crippen LogP contribution in [0, 0.1) is 19.8 Å². The van der Waals surface area contributed by atoms with Crippen LogP contribution >= 0.6 is 11.3 Å². The van der Waals surface area contributed by atoms with Gasteiger partial charge in [-0.2, -0.15) is 0 Å². The number of carbonyl (C=O) groups is 3. The van der Waals surface area contributed by atoms with Gasteiger partial charge in [-0.1, -0.05) is 29.5 Å². The number of para-hydroxylation sites is 1. The molecular formula is C20H22N4O5S. The first-order valence-electron chi connectivity index (χ1n) is 9.31. The van der Waals surface area contributed by atoms with E-state index >= 15 is 0 Å². The Hall–Kier alpha value is -3.27. The van der Waals surface area contributed by atoms with Gasteiger partial charge in [0.2, 0.25) is 16.9 Å². The largest absolute Gasteiger partial charge is 0.481 e. The highest BCUT2D eigenvalue weighted by atomic mass is 32.1. The smallest absolute Gasteiger partial charge is 0.300 e. The van der Waals surface area contributed by atoms with Crippen molar-refractivity contribution in [3.63, 3.8) is 0 Å². The third-order valence-electron chi connectivity index (χ3n) is 4.61. The zero-order valence-electron chi connectivity index (χ0n) is 16.8. The minimum atomic E-state index is -0.833. The summed E-state index contributed by atoms with van der Waals surface area (Å²) in [7, 11) is 0. The van der Waals surface area contributed by atoms with Gasteiger partial charge in [-0.15, -0.1) is 10.2 Å². The van der Waals surface area contributed by atoms with Crippen molar-refractivity contribution in [3.05, 3.63) is 40.6 Å². The fraction of sp³-hybridized carbons (Fsp3) is 0.350. The Labute approximate surface area is 176 Å². The summed E-state index contributed by atoms with van der Waals surface area (Å²) in [6.07, 6.45) is 0.184. The summed E-state index contributed by atoms with van der Waals surface area (Å²) in [6, 6.07) is 7.78. The Morgan fingerprint density at radius 1 is 1.30 bits per heavy atom. The number of carboxylic acids is 1. The zero-order valence-corrected chi connectivity index (χ0v) is 17.7. The molecule has 2 N–H and O–H groups in total. The molecule has 1 aromatic carbocycles. The van der Waals surface area contributed by atoms with E-state index in [0.717, 1.165) is 34.2 Å². The van der Waals surface area contributed by atoms with E-state index in [2.05, 4.69) is 15.5 Å². The van der Waals surface area contributed by atoms with E-state index in [4.69, 9.17) is 14.3 Å². The Balaban J connectivity index is 0.000000589. The van der Waals surface area contributed by atoms with Crippen LogP contribution in [0.5, 0.6) is 0 Å². The molecule has 0 aliphatic carbocycles. The van der Waals surface area contributed by atoms with Gasteiger partial charge in [-0.05, 0) is 19.9 Å². The fourth-order valence-corrected chi connectivity index (χ4v) is 3.88. The van der Waals surface area contributed by atoms with E-state index in [9.17, 15) is 9.59 Å². The van der Waals surface area contributed by atoms with E-state index in [1.54, 1.807) is 4.90 Å². The molecule has 9 nitrogen and oxygen atoms in total. The fourth-order valence-electron chi connectivity index (χ4n) is 3.17. The molecule has 0 bridgehead atoms. The number of amides is 2. The SMILES string of the molecule is CC(=O)O.Cc1nnc(N2CC(C(=O)NCc3oc4ccccc4c3C)CC2=O)s1. The van der Waals surface area contributed by atoms with Crippen LogP contribution in [0.3, 0.4) is 0 Å². The third kappa shape index (κ3) is 4.82. The van der Waals surface area contributed by atoms with Crippen LogP contribution in [0.1, 0.15) is 29.7 Å². The van der Waals surface area contributed by atoms with Crippen LogP contribution in [0.25, 0.3) is 11.0 Å². The zero-order chi connectivity index (χ0) is 21.8. The Bertz CT molecular complexity index is 1090. The maximum atomic E-state index is 12.5. The molecule has 4 rings (SSSR count). The van der Waals surface area contributed by atoms with Gasteiger partial charge in [0.05, 0.1) is 12.5 Å². The number of carboxylic acid groups (broad SMARTS) is 1. The van der Waals surface area contributed by atoms with Crippen LogP contribution in [0.4, 0.5) is 5.13 Å². The number of rotatable bonds is 4. The van der Waals surface area contributed by atoms with Gasteiger partial charge in [-0.25, -0.2) is 0 Å². The number of aromatic nitrogens is 2. The molecule has 0 radical (unpaired) electrons. The second-order valence-corrected chi connectivity index (χ2v) is 8.05. The monoisotopic (exact) mass is 430 g/mol. The van der Waals surface area contributed by atoms with Crippen molar-refractivity contribution in [2.24, 2.45) is 5.92 Å². The summed E-state index contributed by atoms with van der Waals surface area (Å²) in [4.78, 5) is 35.3. The van der Waals surface area contributed by atoms with Gasteiger partial charge in [0.25, 0.3) is 5.97 Å². The second-order valence-electron chi connectivity index (χ2n) is 6.89. The van der Waals surface area contributed by atoms with Crippen molar-refractivity contribution < 1.29 is 23.9 Å². The number of aliphatic carboxylic acids is 1. The average molecular weight is 430 g/mol. The van der Waals surface area contributed by atoms with Crippen molar-refractivity contribution in [1.29, 1.82) is 0 Å². The Morgan fingerprint density at radius 3 is 2.63 bits per heavy atom. The van der Waals surface area contributed by atoms with Crippen molar-refractivity contribution in [3.8, 4) is 0 Å². The van der Waals surface area contributed by atoms with Gasteiger partial charge < -0.3 is 14.8 Å². The lowest BCUT2D eigenvalue weighted by molar-refractivity contribution is -0.134. The number of nitrogens with zero attached hydrogens (tertiary/aromatic N) is 3. The molecule has 1 atom stereocenters. The number of hydrogen-bond acceptors (Lipinski definition) is 7. The number of anilines is 1. The van der Waals surface area contributed by atoms with E-state index in [1.807, 2.05) is 38.1 Å². The highest BCUT2D eigenvalue weighted by Gasteiger charge is 2.36. The van der Waals surface area contributed by atoms with Crippen molar-refractivity contribution in [1.82, 2.24) is 15.5 Å². The molecular weight excluding hydrogens is 408 g/mol. The van der Waals surface area contributed by atoms with Gasteiger partial charge >= 0.3 is 0 Å². The number of nitrogens with one attached hydrogen (secondary N) is 1. The second kappa shape index (κ2) is 9.04. The van der Waals surface area contributed by atoms with Gasteiger partial charge in [0.1, 0.15) is 16.4 Å². The first-order valence-corrected chi connectivity index (χ1v) is 10.1. The molecule has 3 aromatic rings. The van der Waals surface area contributed by atoms with Crippen molar-refractivity contribution >= 4 is 45.2 Å². The lowest BCUT2D eigenvalue weighted by Crippen LogP contribution is -2.32. The topological polar surface area (TPSA) is 126 Å². The molecule has 2 aromatic heterocycles. The molecule has 2 amide bonds. The van der Waals surface area contributed by atoms with Crippen LogP contribution in [-0.2, 0) is 20.9 Å². The molecule has 1 fully saturated rings. The molecule has 0 saturated carbocycles. The molecule has 3 heterocycles. The predicted molar refractivity (Wildman–Crippen MR) is 111 cm³/mol. The summed E-state index contributed by atoms with van der Waals surface area (Å²) in [6.45, 7) is 5.54. The van der Waals surface area contributed by atoms with Crippen LogP contribution in [0.15, 0.2) is 28.7 Å². The first kappa shape index (κ1) is 21.4. The first-order chi connectivity index (χ1) is 14.3. The summed E-state index contributed by atoms with van der Waals surface area (Å²) in [5, 5.41) is 20.6. The standard InChI is InChI=1S/C18H18N4O3S.C2H4O2/c1-10-13-5-3-4-6-14(13)25-15(10)8-19-17(24)12-7-16(23)22(9-12)18-21-20-11(2)26-18;1-2(3)4/h3-6,12H,7-9H2,1-2H3,(H,19,24);1H3,(H,3,4). The minimum absolute atomic E-state index is 0.0961. The lowest BCUT2D eigenvalue weighted by Gasteiger charge is -2.12. The number of carbonyl (C=O) groups excluding carboxylic acids is 2. The minimum Gasteiger partial charge on any atom is -0.481 e. The van der Waals surface area contributed by atoms with Crippen molar-refractivity contribution in [2.45, 2.75) is 33.7 Å². The molecule has 1 unspecified atom stereocenters. The van der Waals surface area contributed by atoms with Crippen molar-refractivity contribution in [2.75, 3.05) is 11.4 Å². The van der Waals surface area contributed by atoms with E-state index in [1.165, 1.54) is 11.3 Å². The normalized spacial score (nSPS) is 15.8. The van der Waals surface area contributed by atoms with Crippen LogP contribution in [-0.4, -0.2) is 39.6 Å². The van der Waals surface area contributed by atoms with Crippen LogP contribution < -0.4 is 10.2 Å². The maximum absolute atomic E-state index is 12.5. The quantitative estimate of drug-likeness (QED) is 0.652. The molecule has 10 heteroatoms. The number of furan rings is 1. The van der Waals surface area contributed by atoms with Gasteiger partial charge in [0, 0.05) is 30.8 Å². The molecule has 30 heavy (non-hydrogen) atoms. The molecule has 1 aliphatic heterocycles. The van der Waals surface area contributed by atoms with Gasteiger partial charge in [0.15, 0.2) is 0 Å². The summed E-state index contributed by atoms with van der Waals surface area (Å²) < 4.78 is 5.82. The Kier molecular flexibility index (Phi) is 6.46. The third-order valence-corrected chi connectivity index (χ3v) is 5.47. The molecule has 1 saturated heterocycles. The number of aryl methyl sites for hydroxylation is 2. The maximum Gasteiger partial charge on any atom is 0.300 e. The van der Waals surface area contributed by atoms with Crippen LogP contribution in [0.2, 0.25) is 0 Å². The van der Waals surface area contributed by atoms with E-state index in [0.29, 0.717) is 18.2 Å². The number of hydrogen-bond donors (Lipinski definition) is 2. The molecule has 1 aliphatic rings. The Morgan fingerprint density at radius 2 is 2.00 bits per heavy atom. The summed E-state index contributed by atoms with van der Waals surface area (Å²) in [5.74, 6) is -0.736. The lowest BCUT2D eigenvalue weighted by atomic mass is 10.1. The molecule has 0 spiro atoms. The summed E-state index contributed by atoms with van der Waals surface area (Å²) >= 11 is 1.35. The highest BCUT2D eigenvalue weighted by Crippen LogP contribution is 2.28. The number of benzene rings is 1. The van der Waals surface area contributed by atoms with Gasteiger partial charge in [-0.3, -0.25) is 19.3 Å². The average Bonchev–Trinajstić information content (AvgIpc) is 3.37. The predicted octanol–water partition coefficient (Wildman–Crippen LogP) is 2.66. The van der Waals surface area contributed by atoms with E-state index < -0.39 is 11.9 Å². The van der Waals surface area contributed by atoms with E-state index in [-0.39, 0.29) is 18.2 Å². The number of fused-ring (bicyclic) bond motifs is 1. The summed E-state index contributed by atoms with van der Waals surface area (Å²) in [5.41, 5.74) is 1.83.